The molecule has 3 aromatic rings. The van der Waals surface area contributed by atoms with Gasteiger partial charge in [-0.15, -0.1) is 0 Å². The Bertz CT molecular complexity index is 1130. The largest absolute Gasteiger partial charge is 0.496 e. The molecule has 0 aliphatic carbocycles. The van der Waals surface area contributed by atoms with Crippen molar-refractivity contribution in [3.8, 4) is 17.2 Å². The lowest BCUT2D eigenvalue weighted by atomic mass is 10.1. The van der Waals surface area contributed by atoms with Gasteiger partial charge in [0.1, 0.15) is 12.4 Å². The van der Waals surface area contributed by atoms with E-state index >= 15 is 0 Å². The number of carbonyl (C=O) groups excluding carboxylic acids is 1. The molecule has 0 spiro atoms. The molecule has 0 saturated heterocycles. The fraction of sp³-hybridized carbons (Fsp3) is 0.167. The number of nitrogens with zero attached hydrogens (tertiary/aromatic N) is 1. The van der Waals surface area contributed by atoms with Crippen molar-refractivity contribution in [2.24, 2.45) is 5.10 Å². The van der Waals surface area contributed by atoms with E-state index in [0.717, 1.165) is 20.8 Å². The highest BCUT2D eigenvalue weighted by atomic mass is 79.9. The van der Waals surface area contributed by atoms with Gasteiger partial charge in [-0.2, -0.15) is 5.10 Å². The third-order valence-corrected chi connectivity index (χ3v) is 5.09. The molecule has 0 bridgehead atoms. The van der Waals surface area contributed by atoms with E-state index in [4.69, 9.17) is 14.2 Å². The van der Waals surface area contributed by atoms with E-state index in [2.05, 4.69) is 33.0 Å². The first-order valence-electron chi connectivity index (χ1n) is 9.67. The number of fused-ring (bicyclic) bond motifs is 1. The maximum Gasteiger partial charge on any atom is 0.275 e. The van der Waals surface area contributed by atoms with Gasteiger partial charge in [-0.25, -0.2) is 5.43 Å². The topological polar surface area (TPSA) is 69.2 Å². The second-order valence-electron chi connectivity index (χ2n) is 6.45. The Labute approximate surface area is 189 Å². The minimum absolute atomic E-state index is 0.365. The Morgan fingerprint density at radius 3 is 2.48 bits per heavy atom. The van der Waals surface area contributed by atoms with E-state index in [1.165, 1.54) is 13.3 Å². The van der Waals surface area contributed by atoms with Gasteiger partial charge in [-0.3, -0.25) is 4.79 Å². The van der Waals surface area contributed by atoms with Gasteiger partial charge in [0, 0.05) is 10.0 Å². The number of nitrogens with one attached hydrogen (secondary N) is 1. The zero-order valence-electron chi connectivity index (χ0n) is 17.4. The number of hydrogen-bond donors (Lipinski definition) is 1. The van der Waals surface area contributed by atoms with E-state index < -0.39 is 0 Å². The molecule has 3 aromatic carbocycles. The first kappa shape index (κ1) is 22.4. The average Bonchev–Trinajstić information content (AvgIpc) is 2.78. The summed E-state index contributed by atoms with van der Waals surface area (Å²) in [5.74, 6) is 1.29. The van der Waals surface area contributed by atoms with E-state index in [9.17, 15) is 4.79 Å². The van der Waals surface area contributed by atoms with Gasteiger partial charge in [0.2, 0.25) is 0 Å². The van der Waals surface area contributed by atoms with Crippen LogP contribution in [0.4, 0.5) is 0 Å². The van der Waals surface area contributed by atoms with Crippen LogP contribution in [0.2, 0.25) is 0 Å². The van der Waals surface area contributed by atoms with Crippen LogP contribution in [0.25, 0.3) is 10.8 Å². The molecule has 0 aromatic heterocycles. The second kappa shape index (κ2) is 10.6. The molecule has 0 fully saturated rings. The minimum atomic E-state index is -0.369. The number of halogens is 1. The van der Waals surface area contributed by atoms with Crippen LogP contribution in [0, 0.1) is 0 Å². The van der Waals surface area contributed by atoms with Crippen molar-refractivity contribution in [1.29, 1.82) is 0 Å². The van der Waals surface area contributed by atoms with Crippen LogP contribution >= 0.6 is 15.9 Å². The van der Waals surface area contributed by atoms with Gasteiger partial charge in [0.15, 0.2) is 11.5 Å². The Hall–Kier alpha value is -3.32. The van der Waals surface area contributed by atoms with Gasteiger partial charge in [-0.1, -0.05) is 36.9 Å². The number of rotatable bonds is 9. The molecule has 1 amide bonds. The Morgan fingerprint density at radius 2 is 1.81 bits per heavy atom. The smallest absolute Gasteiger partial charge is 0.275 e. The number of hydrazone groups is 1. The molecule has 0 atom stereocenters. The quantitative estimate of drug-likeness (QED) is 0.254. The molecular formula is C24H23BrN2O4. The Balaban J connectivity index is 1.81. The average molecular weight is 483 g/mol. The first-order chi connectivity index (χ1) is 15.1. The molecule has 0 saturated carbocycles. The summed E-state index contributed by atoms with van der Waals surface area (Å²) in [5.41, 5.74) is 3.68. The number of hydrogen-bond acceptors (Lipinski definition) is 5. The van der Waals surface area contributed by atoms with Crippen LogP contribution in [-0.2, 0) is 0 Å². The van der Waals surface area contributed by atoms with Gasteiger partial charge in [0.25, 0.3) is 5.91 Å². The summed E-state index contributed by atoms with van der Waals surface area (Å²) < 4.78 is 17.4. The van der Waals surface area contributed by atoms with Crippen LogP contribution in [0.3, 0.4) is 0 Å². The van der Waals surface area contributed by atoms with E-state index in [1.54, 1.807) is 24.3 Å². The molecule has 0 aliphatic rings. The van der Waals surface area contributed by atoms with Crippen LogP contribution in [0.5, 0.6) is 17.2 Å². The van der Waals surface area contributed by atoms with Crippen LogP contribution < -0.4 is 19.6 Å². The predicted molar refractivity (Wildman–Crippen MR) is 127 cm³/mol. The number of ether oxygens (including phenoxy) is 3. The summed E-state index contributed by atoms with van der Waals surface area (Å²) in [6.07, 6.45) is 3.20. The molecule has 0 heterocycles. The molecule has 6 nitrogen and oxygen atoms in total. The molecule has 3 rings (SSSR count). The standard InChI is InChI=1S/C24H23BrN2O4/c1-4-10-31-23-14-20(25)18(13-22(23)30-5-2)15-26-27-24(28)19-11-16-8-6-7-9-17(16)12-21(19)29-3/h4,6-9,11-15H,1,5,10H2,2-3H3,(H,27,28). The van der Waals surface area contributed by atoms with Crippen molar-refractivity contribution in [1.82, 2.24) is 5.43 Å². The third kappa shape index (κ3) is 5.44. The molecule has 0 aliphatic heterocycles. The maximum absolute atomic E-state index is 12.7. The Kier molecular flexibility index (Phi) is 7.67. The normalized spacial score (nSPS) is 10.8. The third-order valence-electron chi connectivity index (χ3n) is 4.40. The summed E-state index contributed by atoms with van der Waals surface area (Å²) in [7, 11) is 1.53. The molecule has 160 valence electrons. The highest BCUT2D eigenvalue weighted by molar-refractivity contribution is 9.10. The number of benzene rings is 3. The zero-order chi connectivity index (χ0) is 22.2. The van der Waals surface area contributed by atoms with Gasteiger partial charge in [0.05, 0.1) is 25.5 Å². The van der Waals surface area contributed by atoms with Crippen LogP contribution in [0.1, 0.15) is 22.8 Å². The Morgan fingerprint density at radius 1 is 1.10 bits per heavy atom. The highest BCUT2D eigenvalue weighted by Crippen LogP contribution is 2.33. The van der Waals surface area contributed by atoms with Crippen molar-refractivity contribution >= 4 is 38.8 Å². The molecule has 31 heavy (non-hydrogen) atoms. The lowest BCUT2D eigenvalue weighted by Crippen LogP contribution is -2.18. The highest BCUT2D eigenvalue weighted by Gasteiger charge is 2.14. The summed E-state index contributed by atoms with van der Waals surface area (Å²) in [4.78, 5) is 12.7. The van der Waals surface area contributed by atoms with Crippen molar-refractivity contribution in [3.05, 3.63) is 76.8 Å². The van der Waals surface area contributed by atoms with Crippen molar-refractivity contribution < 1.29 is 19.0 Å². The number of amides is 1. The van der Waals surface area contributed by atoms with Crippen LogP contribution in [0.15, 0.2) is 70.8 Å². The van der Waals surface area contributed by atoms with Crippen molar-refractivity contribution in [3.63, 3.8) is 0 Å². The molecular weight excluding hydrogens is 460 g/mol. The second-order valence-corrected chi connectivity index (χ2v) is 7.31. The molecule has 1 N–H and O–H groups in total. The van der Waals surface area contributed by atoms with E-state index in [-0.39, 0.29) is 5.91 Å². The molecule has 0 radical (unpaired) electrons. The predicted octanol–water partition coefficient (Wildman–Crippen LogP) is 5.34. The van der Waals surface area contributed by atoms with E-state index in [0.29, 0.717) is 36.0 Å². The summed E-state index contributed by atoms with van der Waals surface area (Å²) >= 11 is 3.50. The van der Waals surface area contributed by atoms with Crippen molar-refractivity contribution in [2.75, 3.05) is 20.3 Å². The first-order valence-corrected chi connectivity index (χ1v) is 10.5. The van der Waals surface area contributed by atoms with Crippen LogP contribution in [-0.4, -0.2) is 32.4 Å². The SMILES string of the molecule is C=CCOc1cc(Br)c(C=NNC(=O)c2cc3ccccc3cc2OC)cc1OCC. The lowest BCUT2D eigenvalue weighted by molar-refractivity contribution is 0.0952. The fourth-order valence-corrected chi connectivity index (χ4v) is 3.39. The summed E-state index contributed by atoms with van der Waals surface area (Å²) in [6, 6.07) is 15.0. The molecule has 7 heteroatoms. The zero-order valence-corrected chi connectivity index (χ0v) is 18.9. The number of methoxy groups -OCH3 is 1. The number of carbonyl (C=O) groups is 1. The van der Waals surface area contributed by atoms with Gasteiger partial charge in [-0.05, 0) is 57.9 Å². The minimum Gasteiger partial charge on any atom is -0.496 e. The van der Waals surface area contributed by atoms with Gasteiger partial charge >= 0.3 is 0 Å². The maximum atomic E-state index is 12.7. The van der Waals surface area contributed by atoms with Crippen molar-refractivity contribution in [2.45, 2.75) is 6.92 Å². The fourth-order valence-electron chi connectivity index (χ4n) is 2.97. The summed E-state index contributed by atoms with van der Waals surface area (Å²) in [6.45, 7) is 6.40. The monoisotopic (exact) mass is 482 g/mol. The van der Waals surface area contributed by atoms with E-state index in [1.807, 2.05) is 37.3 Å². The lowest BCUT2D eigenvalue weighted by Gasteiger charge is -2.13. The molecule has 0 unspecified atom stereocenters. The van der Waals surface area contributed by atoms with Gasteiger partial charge < -0.3 is 14.2 Å². The summed E-state index contributed by atoms with van der Waals surface area (Å²) in [5, 5.41) is 6.04.